The van der Waals surface area contributed by atoms with Gasteiger partial charge in [-0.15, -0.1) is 0 Å². The van der Waals surface area contributed by atoms with Gasteiger partial charge in [0, 0.05) is 40.7 Å². The van der Waals surface area contributed by atoms with Gasteiger partial charge in [0.25, 0.3) is 0 Å². The number of aryl methyl sites for hydroxylation is 2. The van der Waals surface area contributed by atoms with Gasteiger partial charge in [-0.05, 0) is 43.4 Å². The van der Waals surface area contributed by atoms with Crippen LogP contribution in [0.5, 0.6) is 0 Å². The first-order valence-corrected chi connectivity index (χ1v) is 9.98. The number of H-pyrrole nitrogens is 1. The smallest absolute Gasteiger partial charge is 0.193 e. The number of rotatable bonds is 4. The van der Waals surface area contributed by atoms with Crippen LogP contribution in [0.25, 0.3) is 22.4 Å². The predicted octanol–water partition coefficient (Wildman–Crippen LogP) is 5.39. The lowest BCUT2D eigenvalue weighted by molar-refractivity contribution is 0.120. The van der Waals surface area contributed by atoms with E-state index >= 15 is 0 Å². The number of pyridine rings is 1. The van der Waals surface area contributed by atoms with Crippen LogP contribution < -0.4 is 5.43 Å². The third-order valence-corrected chi connectivity index (χ3v) is 5.58. The number of benzene rings is 1. The van der Waals surface area contributed by atoms with E-state index in [0.717, 1.165) is 33.6 Å². The van der Waals surface area contributed by atoms with Crippen molar-refractivity contribution in [1.29, 1.82) is 0 Å². The Bertz CT molecular complexity index is 1120. The van der Waals surface area contributed by atoms with E-state index in [9.17, 15) is 4.79 Å². The summed E-state index contributed by atoms with van der Waals surface area (Å²) >= 11 is 6.67. The van der Waals surface area contributed by atoms with Crippen molar-refractivity contribution in [3.8, 4) is 22.4 Å². The van der Waals surface area contributed by atoms with E-state index in [1.807, 2.05) is 33.0 Å². The highest BCUT2D eigenvalue weighted by Gasteiger charge is 2.22. The zero-order valence-corrected chi connectivity index (χ0v) is 18.9. The van der Waals surface area contributed by atoms with Crippen LogP contribution in [0.15, 0.2) is 29.3 Å². The lowest BCUT2D eigenvalue weighted by Gasteiger charge is -2.23. The Labute approximate surface area is 176 Å². The van der Waals surface area contributed by atoms with Gasteiger partial charge in [-0.25, -0.2) is 4.68 Å². The van der Waals surface area contributed by atoms with E-state index in [1.165, 1.54) is 0 Å². The van der Waals surface area contributed by atoms with Crippen molar-refractivity contribution in [2.75, 3.05) is 7.11 Å². The van der Waals surface area contributed by atoms with Gasteiger partial charge in [0.2, 0.25) is 0 Å². The maximum Gasteiger partial charge on any atom is 0.193 e. The molecule has 0 radical (unpaired) electrons. The van der Waals surface area contributed by atoms with Crippen molar-refractivity contribution in [1.82, 2.24) is 14.8 Å². The summed E-state index contributed by atoms with van der Waals surface area (Å²) in [6, 6.07) is 4.07. The highest BCUT2D eigenvalue weighted by molar-refractivity contribution is 6.31. The van der Waals surface area contributed by atoms with E-state index < -0.39 is 0 Å². The van der Waals surface area contributed by atoms with Crippen LogP contribution in [-0.2, 0) is 16.9 Å². The van der Waals surface area contributed by atoms with E-state index in [0.29, 0.717) is 22.9 Å². The van der Waals surface area contributed by atoms with Crippen LogP contribution in [0.1, 0.15) is 43.2 Å². The number of methoxy groups -OCH3 is 1. The monoisotopic (exact) mass is 413 g/mol. The van der Waals surface area contributed by atoms with Crippen LogP contribution in [0.4, 0.5) is 0 Å². The number of hydrogen-bond acceptors (Lipinski definition) is 3. The topological polar surface area (TPSA) is 59.9 Å². The summed E-state index contributed by atoms with van der Waals surface area (Å²) < 4.78 is 6.80. The lowest BCUT2D eigenvalue weighted by atomic mass is 9.84. The quantitative estimate of drug-likeness (QED) is 0.624. The van der Waals surface area contributed by atoms with Crippen LogP contribution in [0, 0.1) is 20.8 Å². The number of halogens is 1. The molecule has 0 atom stereocenters. The molecule has 1 aromatic carbocycles. The number of aromatic nitrogens is 3. The van der Waals surface area contributed by atoms with Gasteiger partial charge in [0.1, 0.15) is 6.73 Å². The molecule has 0 unspecified atom stereocenters. The summed E-state index contributed by atoms with van der Waals surface area (Å²) in [5.41, 5.74) is 6.61. The lowest BCUT2D eigenvalue weighted by Crippen LogP contribution is -2.15. The van der Waals surface area contributed by atoms with E-state index in [4.69, 9.17) is 16.3 Å². The Morgan fingerprint density at radius 2 is 1.90 bits per heavy atom. The Balaban J connectivity index is 2.30. The molecule has 0 amide bonds. The summed E-state index contributed by atoms with van der Waals surface area (Å²) in [6.07, 6.45) is 3.52. The van der Waals surface area contributed by atoms with E-state index in [2.05, 4.69) is 36.9 Å². The Morgan fingerprint density at radius 3 is 2.52 bits per heavy atom. The summed E-state index contributed by atoms with van der Waals surface area (Å²) in [6.45, 7) is 12.5. The molecule has 0 fully saturated rings. The van der Waals surface area contributed by atoms with Crippen molar-refractivity contribution in [2.24, 2.45) is 0 Å². The van der Waals surface area contributed by atoms with Gasteiger partial charge in [-0.3, -0.25) is 4.79 Å². The predicted molar refractivity (Wildman–Crippen MR) is 119 cm³/mol. The molecule has 3 rings (SSSR count). The fourth-order valence-electron chi connectivity index (χ4n) is 3.51. The molecule has 0 aliphatic carbocycles. The second-order valence-electron chi connectivity index (χ2n) is 8.54. The molecule has 29 heavy (non-hydrogen) atoms. The average Bonchev–Trinajstić information content (AvgIpc) is 3.08. The van der Waals surface area contributed by atoms with Crippen molar-refractivity contribution in [3.63, 3.8) is 0 Å². The minimum atomic E-state index is -0.0684. The maximum atomic E-state index is 13.3. The molecule has 1 N–H and O–H groups in total. The molecule has 0 spiro atoms. The van der Waals surface area contributed by atoms with Crippen molar-refractivity contribution < 1.29 is 4.74 Å². The fraction of sp³-hybridized carbons (Fsp3) is 0.391. The standard InChI is InChI=1S/C23H28ClN3O2/c1-13-8-18(23(4,5)6)19(24)9-17(13)21-20(22(28)14(2)15(3)26-21)16-10-25-27(11-16)12-29-7/h8-11H,12H2,1-7H3,(H,26,28). The molecule has 2 aromatic heterocycles. The molecular formula is C23H28ClN3O2. The summed E-state index contributed by atoms with van der Waals surface area (Å²) in [5.74, 6) is 0. The van der Waals surface area contributed by atoms with Crippen LogP contribution in [0.2, 0.25) is 5.02 Å². The van der Waals surface area contributed by atoms with Gasteiger partial charge >= 0.3 is 0 Å². The normalized spacial score (nSPS) is 11.9. The number of hydrogen-bond donors (Lipinski definition) is 1. The first-order valence-electron chi connectivity index (χ1n) is 9.60. The highest BCUT2D eigenvalue weighted by atomic mass is 35.5. The van der Waals surface area contributed by atoms with Gasteiger partial charge in [0.05, 0.1) is 17.5 Å². The Morgan fingerprint density at radius 1 is 1.21 bits per heavy atom. The Kier molecular flexibility index (Phi) is 5.74. The zero-order valence-electron chi connectivity index (χ0n) is 18.1. The average molecular weight is 414 g/mol. The van der Waals surface area contributed by atoms with Crippen LogP contribution in [-0.4, -0.2) is 21.9 Å². The third kappa shape index (κ3) is 4.02. The van der Waals surface area contributed by atoms with E-state index in [1.54, 1.807) is 18.0 Å². The summed E-state index contributed by atoms with van der Waals surface area (Å²) in [5, 5.41) is 5.00. The van der Waals surface area contributed by atoms with Crippen LogP contribution >= 0.6 is 11.6 Å². The zero-order chi connectivity index (χ0) is 21.5. The molecule has 6 heteroatoms. The summed E-state index contributed by atoms with van der Waals surface area (Å²) in [4.78, 5) is 16.7. The van der Waals surface area contributed by atoms with Crippen molar-refractivity contribution >= 4 is 11.6 Å². The number of ether oxygens (including phenoxy) is 1. The van der Waals surface area contributed by atoms with E-state index in [-0.39, 0.29) is 10.8 Å². The van der Waals surface area contributed by atoms with Crippen LogP contribution in [0.3, 0.4) is 0 Å². The van der Waals surface area contributed by atoms with Gasteiger partial charge in [-0.1, -0.05) is 38.4 Å². The third-order valence-electron chi connectivity index (χ3n) is 5.27. The molecule has 0 aliphatic heterocycles. The van der Waals surface area contributed by atoms with Crippen molar-refractivity contribution in [2.45, 2.75) is 53.7 Å². The minimum Gasteiger partial charge on any atom is -0.362 e. The molecule has 0 aliphatic rings. The molecule has 5 nitrogen and oxygen atoms in total. The van der Waals surface area contributed by atoms with Gasteiger partial charge < -0.3 is 9.72 Å². The Hall–Kier alpha value is -2.37. The second-order valence-corrected chi connectivity index (χ2v) is 8.94. The number of nitrogens with one attached hydrogen (secondary N) is 1. The maximum absolute atomic E-state index is 13.3. The number of aromatic amines is 1. The molecule has 0 saturated heterocycles. The molecule has 0 bridgehead atoms. The van der Waals surface area contributed by atoms with Gasteiger partial charge in [-0.2, -0.15) is 5.10 Å². The highest BCUT2D eigenvalue weighted by Crippen LogP contribution is 2.37. The first kappa shape index (κ1) is 21.3. The first-order chi connectivity index (χ1) is 13.5. The minimum absolute atomic E-state index is 0.0105. The second kappa shape index (κ2) is 7.81. The molecular weight excluding hydrogens is 386 g/mol. The SMILES string of the molecule is COCn1cc(-c2c(-c3cc(Cl)c(C(C)(C)C)cc3C)[nH]c(C)c(C)c2=O)cn1. The molecule has 154 valence electrons. The molecule has 3 aromatic rings. The molecule has 2 heterocycles. The summed E-state index contributed by atoms with van der Waals surface area (Å²) in [7, 11) is 1.61. The fourth-order valence-corrected chi connectivity index (χ4v) is 3.96. The van der Waals surface area contributed by atoms with Crippen molar-refractivity contribution in [3.05, 3.63) is 62.2 Å². The number of nitrogens with zero attached hydrogens (tertiary/aromatic N) is 2. The largest absolute Gasteiger partial charge is 0.362 e. The molecule has 0 saturated carbocycles. The van der Waals surface area contributed by atoms with Gasteiger partial charge in [0.15, 0.2) is 5.43 Å².